The Labute approximate surface area is 74.5 Å². The van der Waals surface area contributed by atoms with E-state index in [1.807, 2.05) is 0 Å². The molecule has 1 unspecified atom stereocenters. The maximum absolute atomic E-state index is 8.97. The van der Waals surface area contributed by atoms with E-state index in [-0.39, 0.29) is 11.3 Å². The van der Waals surface area contributed by atoms with E-state index in [9.17, 15) is 0 Å². The molecule has 0 saturated carbocycles. The molecule has 0 aliphatic carbocycles. The van der Waals surface area contributed by atoms with E-state index in [1.54, 1.807) is 0 Å². The van der Waals surface area contributed by atoms with Crippen LogP contribution in [0.3, 0.4) is 0 Å². The summed E-state index contributed by atoms with van der Waals surface area (Å²) < 4.78 is 5.23. The summed E-state index contributed by atoms with van der Waals surface area (Å²) in [5, 5.41) is 8.97. The van der Waals surface area contributed by atoms with Gasteiger partial charge in [0.15, 0.2) is 0 Å². The average Bonchev–Trinajstić information content (AvgIpc) is 1.95. The van der Waals surface area contributed by atoms with E-state index < -0.39 is 0 Å². The summed E-state index contributed by atoms with van der Waals surface area (Å²) in [6, 6.07) is 2.40. The molecule has 0 aromatic heterocycles. The fourth-order valence-electron chi connectivity index (χ4n) is 1.90. The van der Waals surface area contributed by atoms with Crippen LogP contribution in [-0.4, -0.2) is 13.2 Å². The predicted molar refractivity (Wildman–Crippen MR) is 47.5 cm³/mol. The van der Waals surface area contributed by atoms with Gasteiger partial charge in [-0.05, 0) is 12.3 Å². The third-order valence-corrected chi connectivity index (χ3v) is 3.15. The molecule has 0 amide bonds. The highest BCUT2D eigenvalue weighted by Gasteiger charge is 2.47. The normalized spacial score (nSPS) is 22.9. The van der Waals surface area contributed by atoms with E-state index in [0.29, 0.717) is 5.92 Å². The smallest absolute Gasteiger partial charge is 0.0663 e. The molecule has 0 radical (unpaired) electrons. The Kier molecular flexibility index (Phi) is 2.74. The molecular formula is C10H17NO. The summed E-state index contributed by atoms with van der Waals surface area (Å²) in [7, 11) is 0. The van der Waals surface area contributed by atoms with Crippen molar-refractivity contribution in [3.63, 3.8) is 0 Å². The van der Waals surface area contributed by atoms with Crippen LogP contribution in [0.15, 0.2) is 0 Å². The van der Waals surface area contributed by atoms with Crippen LogP contribution in [0.2, 0.25) is 0 Å². The van der Waals surface area contributed by atoms with Gasteiger partial charge in [0.25, 0.3) is 0 Å². The molecule has 1 heterocycles. The lowest BCUT2D eigenvalue weighted by atomic mass is 9.66. The summed E-state index contributed by atoms with van der Waals surface area (Å²) in [5.41, 5.74) is 0.156. The fraction of sp³-hybridized carbons (Fsp3) is 0.900. The minimum absolute atomic E-state index is 0.156. The van der Waals surface area contributed by atoms with Crippen molar-refractivity contribution in [2.45, 2.75) is 27.2 Å². The number of hydrogen-bond donors (Lipinski definition) is 0. The van der Waals surface area contributed by atoms with E-state index in [4.69, 9.17) is 10.00 Å². The number of nitrogens with zero attached hydrogens (tertiary/aromatic N) is 1. The van der Waals surface area contributed by atoms with Crippen LogP contribution < -0.4 is 0 Å². The van der Waals surface area contributed by atoms with Gasteiger partial charge in [0.2, 0.25) is 0 Å². The van der Waals surface area contributed by atoms with Crippen molar-refractivity contribution < 1.29 is 4.74 Å². The number of hydrogen-bond acceptors (Lipinski definition) is 2. The van der Waals surface area contributed by atoms with Gasteiger partial charge >= 0.3 is 0 Å². The van der Waals surface area contributed by atoms with Crippen LogP contribution in [0, 0.1) is 28.6 Å². The summed E-state index contributed by atoms with van der Waals surface area (Å²) >= 11 is 0. The Balaban J connectivity index is 2.73. The molecule has 1 fully saturated rings. The van der Waals surface area contributed by atoms with Gasteiger partial charge in [-0.15, -0.1) is 0 Å². The zero-order chi connectivity index (χ0) is 9.19. The van der Waals surface area contributed by atoms with Crippen LogP contribution in [0.5, 0.6) is 0 Å². The van der Waals surface area contributed by atoms with Gasteiger partial charge in [-0.25, -0.2) is 0 Å². The number of rotatable bonds is 3. The van der Waals surface area contributed by atoms with Gasteiger partial charge in [0, 0.05) is 5.41 Å². The van der Waals surface area contributed by atoms with Gasteiger partial charge in [-0.3, -0.25) is 0 Å². The topological polar surface area (TPSA) is 33.0 Å². The highest BCUT2D eigenvalue weighted by Crippen LogP contribution is 2.43. The lowest BCUT2D eigenvalue weighted by Gasteiger charge is -2.47. The molecule has 1 rings (SSSR count). The first kappa shape index (κ1) is 9.54. The Bertz CT molecular complexity index is 189. The second-order valence-corrected chi connectivity index (χ2v) is 3.97. The third kappa shape index (κ3) is 1.23. The van der Waals surface area contributed by atoms with Crippen LogP contribution in [0.1, 0.15) is 27.2 Å². The van der Waals surface area contributed by atoms with Crippen molar-refractivity contribution in [2.75, 3.05) is 13.2 Å². The second kappa shape index (κ2) is 3.45. The summed E-state index contributed by atoms with van der Waals surface area (Å²) in [4.78, 5) is 0. The molecule has 0 spiro atoms. The molecule has 0 N–H and O–H groups in total. The van der Waals surface area contributed by atoms with E-state index >= 15 is 0 Å². The minimum atomic E-state index is 0.156. The van der Waals surface area contributed by atoms with Crippen LogP contribution in [-0.2, 0) is 4.74 Å². The molecule has 1 atom stereocenters. The number of nitriles is 1. The third-order valence-electron chi connectivity index (χ3n) is 3.15. The molecule has 0 aromatic carbocycles. The van der Waals surface area contributed by atoms with Crippen molar-refractivity contribution in [3.05, 3.63) is 0 Å². The van der Waals surface area contributed by atoms with Gasteiger partial charge in [0.05, 0.1) is 25.2 Å². The maximum atomic E-state index is 8.97. The van der Waals surface area contributed by atoms with Crippen LogP contribution >= 0.6 is 0 Å². The van der Waals surface area contributed by atoms with Crippen molar-refractivity contribution in [2.24, 2.45) is 17.3 Å². The Morgan fingerprint density at radius 1 is 1.50 bits per heavy atom. The van der Waals surface area contributed by atoms with Crippen LogP contribution in [0.25, 0.3) is 0 Å². The molecule has 1 aliphatic heterocycles. The van der Waals surface area contributed by atoms with E-state index in [2.05, 4.69) is 26.8 Å². The Hall–Kier alpha value is -0.550. The minimum Gasteiger partial charge on any atom is -0.380 e. The summed E-state index contributed by atoms with van der Waals surface area (Å²) in [6.45, 7) is 7.99. The summed E-state index contributed by atoms with van der Waals surface area (Å²) in [5.74, 6) is 0.724. The SMILES string of the molecule is CCC(C#N)C1(C(C)C)COC1. The molecule has 1 aliphatic rings. The molecular weight excluding hydrogens is 150 g/mol. The first-order valence-electron chi connectivity index (χ1n) is 4.64. The fourth-order valence-corrected chi connectivity index (χ4v) is 1.90. The van der Waals surface area contributed by atoms with Gasteiger partial charge in [0.1, 0.15) is 0 Å². The Morgan fingerprint density at radius 2 is 2.08 bits per heavy atom. The van der Waals surface area contributed by atoms with Crippen molar-refractivity contribution in [1.29, 1.82) is 5.26 Å². The van der Waals surface area contributed by atoms with Gasteiger partial charge in [-0.1, -0.05) is 20.8 Å². The highest BCUT2D eigenvalue weighted by molar-refractivity contribution is 5.02. The monoisotopic (exact) mass is 167 g/mol. The molecule has 0 aromatic rings. The van der Waals surface area contributed by atoms with Crippen molar-refractivity contribution in [3.8, 4) is 6.07 Å². The van der Waals surface area contributed by atoms with E-state index in [1.165, 1.54) is 0 Å². The van der Waals surface area contributed by atoms with Crippen LogP contribution in [0.4, 0.5) is 0 Å². The molecule has 68 valence electrons. The molecule has 1 saturated heterocycles. The predicted octanol–water partition coefficient (Wildman–Crippen LogP) is 2.21. The number of ether oxygens (including phenoxy) is 1. The molecule has 12 heavy (non-hydrogen) atoms. The lowest BCUT2D eigenvalue weighted by molar-refractivity contribution is -0.160. The standard InChI is InChI=1S/C10H17NO/c1-4-9(5-11)10(8(2)3)6-12-7-10/h8-9H,4,6-7H2,1-3H3. The maximum Gasteiger partial charge on any atom is 0.0663 e. The van der Waals surface area contributed by atoms with Gasteiger partial charge < -0.3 is 4.74 Å². The van der Waals surface area contributed by atoms with Crippen molar-refractivity contribution >= 4 is 0 Å². The highest BCUT2D eigenvalue weighted by atomic mass is 16.5. The van der Waals surface area contributed by atoms with Crippen molar-refractivity contribution in [1.82, 2.24) is 0 Å². The average molecular weight is 167 g/mol. The second-order valence-electron chi connectivity index (χ2n) is 3.97. The van der Waals surface area contributed by atoms with E-state index in [0.717, 1.165) is 19.6 Å². The molecule has 0 bridgehead atoms. The molecule has 2 nitrogen and oxygen atoms in total. The first-order chi connectivity index (χ1) is 5.67. The summed E-state index contributed by atoms with van der Waals surface area (Å²) in [6.07, 6.45) is 0.942. The zero-order valence-electron chi connectivity index (χ0n) is 8.13. The zero-order valence-corrected chi connectivity index (χ0v) is 8.13. The van der Waals surface area contributed by atoms with Gasteiger partial charge in [-0.2, -0.15) is 5.26 Å². The Morgan fingerprint density at radius 3 is 2.17 bits per heavy atom. The lowest BCUT2D eigenvalue weighted by Crippen LogP contribution is -2.51. The molecule has 2 heteroatoms. The largest absolute Gasteiger partial charge is 0.380 e. The quantitative estimate of drug-likeness (QED) is 0.645. The first-order valence-corrected chi connectivity index (χ1v) is 4.64.